The van der Waals surface area contributed by atoms with Gasteiger partial charge < -0.3 is 14.8 Å². The van der Waals surface area contributed by atoms with Crippen LogP contribution < -0.4 is 10.0 Å². The van der Waals surface area contributed by atoms with Crippen molar-refractivity contribution >= 4 is 27.9 Å². The average Bonchev–Trinajstić information content (AvgIpc) is 2.76. The second kappa shape index (κ2) is 10.7. The Morgan fingerprint density at radius 2 is 1.65 bits per heavy atom. The van der Waals surface area contributed by atoms with Crippen molar-refractivity contribution in [2.75, 3.05) is 20.3 Å². The summed E-state index contributed by atoms with van der Waals surface area (Å²) in [5.74, 6) is -1.90. The summed E-state index contributed by atoms with van der Waals surface area (Å²) in [6.07, 6.45) is 0. The molecule has 2 aromatic rings. The van der Waals surface area contributed by atoms with Gasteiger partial charge in [-0.1, -0.05) is 18.2 Å². The van der Waals surface area contributed by atoms with Gasteiger partial charge in [0.05, 0.1) is 17.6 Å². The summed E-state index contributed by atoms with van der Waals surface area (Å²) in [4.78, 5) is 35.0. The van der Waals surface area contributed by atoms with Gasteiger partial charge in [0.25, 0.3) is 5.91 Å². The van der Waals surface area contributed by atoms with Crippen LogP contribution in [-0.4, -0.2) is 46.5 Å². The first-order valence-corrected chi connectivity index (χ1v) is 10.8. The Hall–Kier alpha value is -3.24. The molecule has 31 heavy (non-hydrogen) atoms. The zero-order valence-electron chi connectivity index (χ0n) is 17.4. The lowest BCUT2D eigenvalue weighted by molar-refractivity contribution is -0.147. The van der Waals surface area contributed by atoms with Gasteiger partial charge >= 0.3 is 11.9 Å². The van der Waals surface area contributed by atoms with Crippen LogP contribution in [0.3, 0.4) is 0 Å². The first-order valence-electron chi connectivity index (χ1n) is 9.29. The number of methoxy groups -OCH3 is 1. The van der Waals surface area contributed by atoms with Gasteiger partial charge in [0.15, 0.2) is 6.61 Å². The van der Waals surface area contributed by atoms with E-state index in [9.17, 15) is 22.8 Å². The van der Waals surface area contributed by atoms with Crippen LogP contribution in [0.4, 0.5) is 0 Å². The lowest BCUT2D eigenvalue weighted by Crippen LogP contribution is -2.33. The number of carbonyl (C=O) groups excluding carboxylic acids is 3. The normalized spacial score (nSPS) is 10.9. The Morgan fingerprint density at radius 1 is 0.968 bits per heavy atom. The van der Waals surface area contributed by atoms with Gasteiger partial charge in [0.1, 0.15) is 6.54 Å². The first kappa shape index (κ1) is 24.0. The lowest BCUT2D eigenvalue weighted by Gasteiger charge is -2.09. The average molecular weight is 448 g/mol. The Balaban J connectivity index is 1.75. The van der Waals surface area contributed by atoms with E-state index in [1.165, 1.54) is 19.2 Å². The molecule has 0 spiro atoms. The maximum absolute atomic E-state index is 12.3. The molecule has 10 heteroatoms. The molecular weight excluding hydrogens is 424 g/mol. The number of rotatable bonds is 9. The van der Waals surface area contributed by atoms with Crippen LogP contribution in [0.5, 0.6) is 0 Å². The summed E-state index contributed by atoms with van der Waals surface area (Å²) >= 11 is 0. The van der Waals surface area contributed by atoms with Crippen molar-refractivity contribution < 1.29 is 32.3 Å². The molecular formula is C21H24N2O7S. The number of nitrogens with one attached hydrogen (secondary N) is 2. The van der Waals surface area contributed by atoms with E-state index >= 15 is 0 Å². The second-order valence-electron chi connectivity index (χ2n) is 6.70. The molecule has 0 radical (unpaired) electrons. The second-order valence-corrected chi connectivity index (χ2v) is 8.46. The van der Waals surface area contributed by atoms with Crippen LogP contribution in [0.25, 0.3) is 0 Å². The Labute approximate surface area is 180 Å². The molecule has 2 rings (SSSR count). The van der Waals surface area contributed by atoms with Gasteiger partial charge in [-0.3, -0.25) is 9.59 Å². The molecule has 1 amide bonds. The number of hydrogen-bond donors (Lipinski definition) is 2. The van der Waals surface area contributed by atoms with E-state index in [0.717, 1.165) is 16.7 Å². The van der Waals surface area contributed by atoms with Crippen LogP contribution in [-0.2, 0) is 35.6 Å². The minimum atomic E-state index is -3.88. The standard InChI is InChI=1S/C21H24N2O7S/c1-14-4-9-18(10-15(14)2)31(27,28)23-12-20(25)30-13-19(24)22-11-16-5-7-17(8-6-16)21(26)29-3/h4-10,23H,11-13H2,1-3H3,(H,22,24). The summed E-state index contributed by atoms with van der Waals surface area (Å²) in [5, 5.41) is 2.56. The van der Waals surface area contributed by atoms with Crippen molar-refractivity contribution in [2.24, 2.45) is 0 Å². The highest BCUT2D eigenvalue weighted by molar-refractivity contribution is 7.89. The third kappa shape index (κ3) is 7.19. The van der Waals surface area contributed by atoms with Crippen LogP contribution in [0.15, 0.2) is 47.4 Å². The number of esters is 2. The molecule has 0 heterocycles. The molecule has 2 aromatic carbocycles. The third-order valence-corrected chi connectivity index (χ3v) is 5.82. The number of benzene rings is 2. The van der Waals surface area contributed by atoms with Crippen LogP contribution in [0, 0.1) is 13.8 Å². The van der Waals surface area contributed by atoms with Crippen LogP contribution in [0.1, 0.15) is 27.0 Å². The molecule has 0 fully saturated rings. The molecule has 2 N–H and O–H groups in total. The fourth-order valence-corrected chi connectivity index (χ4v) is 3.50. The van der Waals surface area contributed by atoms with Crippen molar-refractivity contribution in [3.8, 4) is 0 Å². The quantitative estimate of drug-likeness (QED) is 0.552. The summed E-state index contributed by atoms with van der Waals surface area (Å²) in [6.45, 7) is 2.66. The number of sulfonamides is 1. The van der Waals surface area contributed by atoms with Gasteiger partial charge in [0, 0.05) is 6.54 Å². The maximum Gasteiger partial charge on any atom is 0.337 e. The van der Waals surface area contributed by atoms with Crippen molar-refractivity contribution in [3.63, 3.8) is 0 Å². The molecule has 166 valence electrons. The van der Waals surface area contributed by atoms with E-state index in [-0.39, 0.29) is 11.4 Å². The summed E-state index contributed by atoms with van der Waals surface area (Å²) in [6, 6.07) is 11.1. The van der Waals surface area contributed by atoms with Gasteiger partial charge in [0.2, 0.25) is 10.0 Å². The van der Waals surface area contributed by atoms with Gasteiger partial charge in [-0.15, -0.1) is 0 Å². The van der Waals surface area contributed by atoms with Crippen molar-refractivity contribution in [1.82, 2.24) is 10.0 Å². The van der Waals surface area contributed by atoms with E-state index in [1.54, 1.807) is 37.3 Å². The van der Waals surface area contributed by atoms with E-state index in [1.807, 2.05) is 6.92 Å². The summed E-state index contributed by atoms with van der Waals surface area (Å²) < 4.78 is 36.1. The number of hydrogen-bond acceptors (Lipinski definition) is 7. The molecule has 0 aliphatic heterocycles. The van der Waals surface area contributed by atoms with Crippen molar-refractivity contribution in [1.29, 1.82) is 0 Å². The zero-order valence-corrected chi connectivity index (χ0v) is 18.2. The van der Waals surface area contributed by atoms with E-state index in [4.69, 9.17) is 4.74 Å². The monoisotopic (exact) mass is 448 g/mol. The molecule has 0 saturated heterocycles. The molecule has 0 atom stereocenters. The SMILES string of the molecule is COC(=O)c1ccc(CNC(=O)COC(=O)CNS(=O)(=O)c2ccc(C)c(C)c2)cc1. The molecule has 9 nitrogen and oxygen atoms in total. The van der Waals surface area contributed by atoms with Crippen molar-refractivity contribution in [2.45, 2.75) is 25.3 Å². The minimum Gasteiger partial charge on any atom is -0.465 e. The third-order valence-electron chi connectivity index (χ3n) is 4.42. The number of carbonyl (C=O) groups is 3. The molecule has 0 aromatic heterocycles. The molecule has 0 saturated carbocycles. The maximum atomic E-state index is 12.3. The highest BCUT2D eigenvalue weighted by Gasteiger charge is 2.17. The Bertz CT molecular complexity index is 1060. The molecule has 0 aliphatic rings. The summed E-state index contributed by atoms with van der Waals surface area (Å²) in [7, 11) is -2.59. The lowest BCUT2D eigenvalue weighted by atomic mass is 10.1. The molecule has 0 bridgehead atoms. The smallest absolute Gasteiger partial charge is 0.337 e. The Kier molecular flexibility index (Phi) is 8.29. The topological polar surface area (TPSA) is 128 Å². The van der Waals surface area contributed by atoms with E-state index < -0.39 is 41.0 Å². The predicted molar refractivity (Wildman–Crippen MR) is 112 cm³/mol. The first-order chi connectivity index (χ1) is 14.6. The highest BCUT2D eigenvalue weighted by atomic mass is 32.2. The molecule has 0 unspecified atom stereocenters. The predicted octanol–water partition coefficient (Wildman–Crippen LogP) is 1.23. The van der Waals surface area contributed by atoms with Gasteiger partial charge in [-0.2, -0.15) is 4.72 Å². The zero-order chi connectivity index (χ0) is 23.0. The molecule has 0 aliphatic carbocycles. The van der Waals surface area contributed by atoms with Gasteiger partial charge in [-0.25, -0.2) is 13.2 Å². The van der Waals surface area contributed by atoms with Crippen LogP contribution >= 0.6 is 0 Å². The Morgan fingerprint density at radius 3 is 2.26 bits per heavy atom. The fraction of sp³-hybridized carbons (Fsp3) is 0.286. The van der Waals surface area contributed by atoms with Gasteiger partial charge in [-0.05, 0) is 54.8 Å². The summed E-state index contributed by atoms with van der Waals surface area (Å²) in [5.41, 5.74) is 2.87. The van der Waals surface area contributed by atoms with Crippen molar-refractivity contribution in [3.05, 3.63) is 64.7 Å². The minimum absolute atomic E-state index is 0.0411. The number of amides is 1. The van der Waals surface area contributed by atoms with E-state index in [0.29, 0.717) is 5.56 Å². The largest absolute Gasteiger partial charge is 0.465 e. The number of aryl methyl sites for hydroxylation is 2. The highest BCUT2D eigenvalue weighted by Crippen LogP contribution is 2.14. The van der Waals surface area contributed by atoms with Crippen LogP contribution in [0.2, 0.25) is 0 Å². The fourth-order valence-electron chi connectivity index (χ4n) is 2.44. The van der Waals surface area contributed by atoms with E-state index in [2.05, 4.69) is 14.8 Å². The number of ether oxygens (including phenoxy) is 2.